The van der Waals surface area contributed by atoms with Gasteiger partial charge in [0, 0.05) is 5.92 Å². The van der Waals surface area contributed by atoms with Crippen molar-refractivity contribution in [2.75, 3.05) is 6.54 Å². The molecule has 0 amide bonds. The normalized spacial score (nSPS) is 9.57. The van der Waals surface area contributed by atoms with E-state index in [1.807, 2.05) is 13.8 Å². The van der Waals surface area contributed by atoms with Crippen LogP contribution in [0.5, 0.6) is 0 Å². The van der Waals surface area contributed by atoms with Crippen LogP contribution in [0.1, 0.15) is 13.8 Å². The first kappa shape index (κ1) is 6.47. The summed E-state index contributed by atoms with van der Waals surface area (Å²) in [6, 6.07) is 0. The van der Waals surface area contributed by atoms with Gasteiger partial charge in [-0.1, -0.05) is 13.8 Å². The summed E-state index contributed by atoms with van der Waals surface area (Å²) in [4.78, 5) is 0. The van der Waals surface area contributed by atoms with Gasteiger partial charge >= 0.3 is 0 Å². The average Bonchev–Trinajstić information content (AvgIpc) is 1.27. The molecule has 1 radical (unpaired) electrons. The summed E-state index contributed by atoms with van der Waals surface area (Å²) in [7, 11) is 0. The summed E-state index contributed by atoms with van der Waals surface area (Å²) >= 11 is 0. The summed E-state index contributed by atoms with van der Waals surface area (Å²) in [5.41, 5.74) is 0. The van der Waals surface area contributed by atoms with Crippen LogP contribution in [0.4, 0.5) is 0 Å². The Kier molecular flexibility index (Phi) is 2.41. The lowest BCUT2D eigenvalue weighted by molar-refractivity contribution is -0.771. The summed E-state index contributed by atoms with van der Waals surface area (Å²) in [5.74, 6) is 0.426. The topological polar surface area (TPSA) is 23.2 Å². The van der Waals surface area contributed by atoms with Crippen molar-refractivity contribution in [1.29, 1.82) is 0 Å². The number of hydroxylamine groups is 1. The third-order valence-electron chi connectivity index (χ3n) is 0.552. The standard InChI is InChI=1S/C5H11NO/c1-5(2)4-6(3)7/h3,5,7H,4H2,1-2H3/q+1. The molecule has 0 fully saturated rings. The van der Waals surface area contributed by atoms with Gasteiger partial charge in [-0.25, -0.2) is 0 Å². The number of nitrogens with zero attached hydrogens (tertiary/aromatic N) is 1. The van der Waals surface area contributed by atoms with Crippen molar-refractivity contribution in [3.05, 3.63) is 0 Å². The van der Waals surface area contributed by atoms with Gasteiger partial charge in [0.2, 0.25) is 0 Å². The second kappa shape index (κ2) is 2.61. The highest BCUT2D eigenvalue weighted by atomic mass is 16.5. The molecule has 0 aromatic heterocycles. The van der Waals surface area contributed by atoms with E-state index in [1.54, 1.807) is 0 Å². The van der Waals surface area contributed by atoms with Gasteiger partial charge in [-0.3, -0.25) is 5.21 Å². The lowest BCUT2D eigenvalue weighted by atomic mass is 10.2. The second-order valence-electron chi connectivity index (χ2n) is 2.02. The van der Waals surface area contributed by atoms with Crippen molar-refractivity contribution < 1.29 is 9.95 Å². The molecule has 0 aliphatic carbocycles. The Morgan fingerprint density at radius 1 is 1.71 bits per heavy atom. The molecular weight excluding hydrogens is 90.1 g/mol. The van der Waals surface area contributed by atoms with Crippen LogP contribution in [0, 0.1) is 5.92 Å². The molecule has 0 rings (SSSR count). The molecule has 0 aromatic rings. The van der Waals surface area contributed by atoms with Crippen LogP contribution in [0.2, 0.25) is 0 Å². The maximum atomic E-state index is 8.33. The third-order valence-corrected chi connectivity index (χ3v) is 0.552. The molecule has 0 atom stereocenters. The molecule has 0 saturated carbocycles. The number of rotatable bonds is 2. The zero-order chi connectivity index (χ0) is 5.86. The van der Waals surface area contributed by atoms with Crippen molar-refractivity contribution in [2.24, 2.45) is 5.92 Å². The molecule has 0 bridgehead atoms. The zero-order valence-electron chi connectivity index (χ0n) is 4.76. The van der Waals surface area contributed by atoms with Crippen LogP contribution in [-0.4, -0.2) is 23.2 Å². The molecular formula is C5H11NO+. The first-order valence-corrected chi connectivity index (χ1v) is 2.34. The monoisotopic (exact) mass is 101 g/mol. The zero-order valence-corrected chi connectivity index (χ0v) is 4.76. The van der Waals surface area contributed by atoms with Crippen molar-refractivity contribution in [3.8, 4) is 0 Å². The Bertz CT molecular complexity index is 68.5. The molecule has 2 nitrogen and oxygen atoms in total. The summed E-state index contributed by atoms with van der Waals surface area (Å²) in [6.07, 6.45) is 0. The molecule has 0 saturated heterocycles. The molecule has 0 spiro atoms. The van der Waals surface area contributed by atoms with Gasteiger partial charge in [0.1, 0.15) is 0 Å². The fraction of sp³-hybridized carbons (Fsp3) is 0.800. The van der Waals surface area contributed by atoms with Crippen molar-refractivity contribution >= 4 is 6.72 Å². The molecule has 0 unspecified atom stereocenters. The summed E-state index contributed by atoms with van der Waals surface area (Å²) in [5, 5.41) is 8.33. The molecule has 2 heteroatoms. The molecule has 7 heavy (non-hydrogen) atoms. The highest BCUT2D eigenvalue weighted by molar-refractivity contribution is 5.13. The van der Waals surface area contributed by atoms with Gasteiger partial charge in [0.05, 0.1) is 0 Å². The van der Waals surface area contributed by atoms with Crippen LogP contribution < -0.4 is 0 Å². The Hall–Kier alpha value is -0.530. The van der Waals surface area contributed by atoms with E-state index in [2.05, 4.69) is 0 Å². The van der Waals surface area contributed by atoms with Crippen LogP contribution in [0.25, 0.3) is 0 Å². The first-order valence-electron chi connectivity index (χ1n) is 2.34. The maximum Gasteiger partial charge on any atom is 0.282 e. The fourth-order valence-electron chi connectivity index (χ4n) is 0.374. The van der Waals surface area contributed by atoms with E-state index in [0.717, 1.165) is 0 Å². The number of hydrogen-bond acceptors (Lipinski definition) is 1. The lowest BCUT2D eigenvalue weighted by Gasteiger charge is -1.92. The van der Waals surface area contributed by atoms with E-state index < -0.39 is 0 Å². The van der Waals surface area contributed by atoms with Gasteiger partial charge in [-0.2, -0.15) is 0 Å². The minimum Gasteiger partial charge on any atom is -0.291 e. The van der Waals surface area contributed by atoms with Crippen LogP contribution in [-0.2, 0) is 0 Å². The van der Waals surface area contributed by atoms with Gasteiger partial charge in [-0.05, 0) is 4.74 Å². The van der Waals surface area contributed by atoms with Crippen LogP contribution in [0.3, 0.4) is 0 Å². The average molecular weight is 101 g/mol. The third kappa shape index (κ3) is 5.47. The van der Waals surface area contributed by atoms with Gasteiger partial charge in [-0.15, -0.1) is 0 Å². The highest BCUT2D eigenvalue weighted by Gasteiger charge is 1.99. The van der Waals surface area contributed by atoms with Crippen LogP contribution in [0.15, 0.2) is 0 Å². The Labute approximate surface area is 44.1 Å². The molecule has 0 aliphatic heterocycles. The molecule has 41 valence electrons. The highest BCUT2D eigenvalue weighted by Crippen LogP contribution is 1.87. The first-order chi connectivity index (χ1) is 3.13. The largest absolute Gasteiger partial charge is 0.291 e. The summed E-state index contributed by atoms with van der Waals surface area (Å²) in [6.45, 7) is 9.37. The molecule has 1 N–H and O–H groups in total. The van der Waals surface area contributed by atoms with E-state index in [1.165, 1.54) is 0 Å². The van der Waals surface area contributed by atoms with Gasteiger partial charge in [0.25, 0.3) is 6.72 Å². The maximum absolute atomic E-state index is 8.33. The van der Waals surface area contributed by atoms with Crippen molar-refractivity contribution in [2.45, 2.75) is 13.8 Å². The molecule has 0 aromatic carbocycles. The van der Waals surface area contributed by atoms with Gasteiger partial charge < -0.3 is 0 Å². The SMILES string of the molecule is [CH]=[N+](O)CC(C)C. The van der Waals surface area contributed by atoms with E-state index in [4.69, 9.17) is 11.9 Å². The minimum atomic E-state index is 0.426. The molecule has 0 heterocycles. The van der Waals surface area contributed by atoms with Crippen LogP contribution >= 0.6 is 0 Å². The quantitative estimate of drug-likeness (QED) is 0.234. The minimum absolute atomic E-state index is 0.426. The predicted octanol–water partition coefficient (Wildman–Crippen LogP) is 0.622. The van der Waals surface area contributed by atoms with E-state index in [9.17, 15) is 0 Å². The number of hydrogen-bond donors (Lipinski definition) is 1. The van der Waals surface area contributed by atoms with Crippen molar-refractivity contribution in [3.63, 3.8) is 0 Å². The summed E-state index contributed by atoms with van der Waals surface area (Å²) < 4.78 is 0.699. The fourth-order valence-corrected chi connectivity index (χ4v) is 0.374. The van der Waals surface area contributed by atoms with E-state index >= 15 is 0 Å². The van der Waals surface area contributed by atoms with Crippen molar-refractivity contribution in [1.82, 2.24) is 0 Å². The predicted molar refractivity (Wildman–Crippen MR) is 27.8 cm³/mol. The van der Waals surface area contributed by atoms with E-state index in [0.29, 0.717) is 17.2 Å². The molecule has 0 aliphatic rings. The van der Waals surface area contributed by atoms with E-state index in [-0.39, 0.29) is 0 Å². The lowest BCUT2D eigenvalue weighted by Crippen LogP contribution is -2.10. The Balaban J connectivity index is 3.13. The second-order valence-corrected chi connectivity index (χ2v) is 2.02. The smallest absolute Gasteiger partial charge is 0.282 e. The Morgan fingerprint density at radius 2 is 2.14 bits per heavy atom. The Morgan fingerprint density at radius 3 is 2.14 bits per heavy atom. The van der Waals surface area contributed by atoms with Gasteiger partial charge in [0.15, 0.2) is 6.54 Å².